The molecule has 0 aliphatic heterocycles. The highest BCUT2D eigenvalue weighted by molar-refractivity contribution is 6.31. The van der Waals surface area contributed by atoms with Crippen molar-refractivity contribution in [1.82, 2.24) is 10.2 Å². The number of aromatic nitrogens is 2. The summed E-state index contributed by atoms with van der Waals surface area (Å²) in [6, 6.07) is 16.4. The second kappa shape index (κ2) is 8.51. The van der Waals surface area contributed by atoms with Crippen LogP contribution >= 0.6 is 11.6 Å². The minimum absolute atomic E-state index is 0.226. The fourth-order valence-electron chi connectivity index (χ4n) is 2.40. The maximum atomic E-state index is 12.3. The Balaban J connectivity index is 1.60. The van der Waals surface area contributed by atoms with Crippen LogP contribution in [0.1, 0.15) is 21.6 Å². The van der Waals surface area contributed by atoms with Gasteiger partial charge in [0.1, 0.15) is 11.6 Å². The van der Waals surface area contributed by atoms with Crippen LogP contribution in [0.5, 0.6) is 5.75 Å². The number of amides is 1. The Kier molecular flexibility index (Phi) is 5.88. The third kappa shape index (κ3) is 4.95. The zero-order valence-corrected chi connectivity index (χ0v) is 15.7. The number of rotatable bonds is 6. The number of carbonyl (C=O) groups excluding carboxylic acids is 1. The SMILES string of the molecule is COc1ccc(CNc2ccc(C(=O)Nc3cc(Cl)ccc3C)nn2)cc1. The van der Waals surface area contributed by atoms with Gasteiger partial charge < -0.3 is 15.4 Å². The number of benzene rings is 2. The van der Waals surface area contributed by atoms with E-state index < -0.39 is 0 Å². The Morgan fingerprint density at radius 2 is 1.85 bits per heavy atom. The van der Waals surface area contributed by atoms with Gasteiger partial charge in [-0.3, -0.25) is 4.79 Å². The van der Waals surface area contributed by atoms with E-state index in [1.807, 2.05) is 37.3 Å². The molecule has 1 heterocycles. The summed E-state index contributed by atoms with van der Waals surface area (Å²) < 4.78 is 5.14. The number of nitrogens with one attached hydrogen (secondary N) is 2. The van der Waals surface area contributed by atoms with Gasteiger partial charge in [0.25, 0.3) is 5.91 Å². The summed E-state index contributed by atoms with van der Waals surface area (Å²) in [4.78, 5) is 12.3. The van der Waals surface area contributed by atoms with Crippen LogP contribution in [-0.4, -0.2) is 23.2 Å². The Morgan fingerprint density at radius 1 is 1.07 bits per heavy atom. The second-order valence-electron chi connectivity index (χ2n) is 5.92. The van der Waals surface area contributed by atoms with Gasteiger partial charge in [-0.1, -0.05) is 29.8 Å². The van der Waals surface area contributed by atoms with Gasteiger partial charge in [-0.15, -0.1) is 10.2 Å². The smallest absolute Gasteiger partial charge is 0.276 e. The first-order chi connectivity index (χ1) is 13.0. The van der Waals surface area contributed by atoms with Crippen molar-refractivity contribution in [3.8, 4) is 5.75 Å². The molecule has 1 aromatic heterocycles. The molecule has 0 radical (unpaired) electrons. The number of carbonyl (C=O) groups is 1. The van der Waals surface area contributed by atoms with Gasteiger partial charge in [0.05, 0.1) is 7.11 Å². The lowest BCUT2D eigenvalue weighted by molar-refractivity contribution is 0.102. The van der Waals surface area contributed by atoms with Crippen molar-refractivity contribution in [3.63, 3.8) is 0 Å². The van der Waals surface area contributed by atoms with Crippen molar-refractivity contribution in [3.05, 3.63) is 76.4 Å². The van der Waals surface area contributed by atoms with Gasteiger partial charge in [0.15, 0.2) is 5.69 Å². The van der Waals surface area contributed by atoms with Gasteiger partial charge in [0, 0.05) is 17.3 Å². The lowest BCUT2D eigenvalue weighted by atomic mass is 10.2. The first kappa shape index (κ1) is 18.7. The van der Waals surface area contributed by atoms with Crippen molar-refractivity contribution in [1.29, 1.82) is 0 Å². The first-order valence-electron chi connectivity index (χ1n) is 8.33. The van der Waals surface area contributed by atoms with Crippen molar-refractivity contribution in [2.24, 2.45) is 0 Å². The fraction of sp³-hybridized carbons (Fsp3) is 0.150. The first-order valence-corrected chi connectivity index (χ1v) is 8.71. The average Bonchev–Trinajstić information content (AvgIpc) is 2.70. The van der Waals surface area contributed by atoms with Crippen molar-refractivity contribution < 1.29 is 9.53 Å². The van der Waals surface area contributed by atoms with Crippen molar-refractivity contribution in [2.75, 3.05) is 17.7 Å². The van der Waals surface area contributed by atoms with Crippen molar-refractivity contribution in [2.45, 2.75) is 13.5 Å². The van der Waals surface area contributed by atoms with Gasteiger partial charge in [-0.05, 0) is 54.4 Å². The summed E-state index contributed by atoms with van der Waals surface area (Å²) in [6.45, 7) is 2.48. The molecule has 0 saturated carbocycles. The predicted octanol–water partition coefficient (Wildman–Crippen LogP) is 4.31. The van der Waals surface area contributed by atoms with Crippen LogP contribution in [-0.2, 0) is 6.54 Å². The molecule has 138 valence electrons. The molecule has 2 N–H and O–H groups in total. The van der Waals surface area contributed by atoms with Crippen LogP contribution in [0.25, 0.3) is 0 Å². The summed E-state index contributed by atoms with van der Waals surface area (Å²) >= 11 is 5.97. The predicted molar refractivity (Wildman–Crippen MR) is 106 cm³/mol. The lowest BCUT2D eigenvalue weighted by Crippen LogP contribution is -2.15. The minimum atomic E-state index is -0.338. The molecule has 0 fully saturated rings. The molecule has 0 saturated heterocycles. The van der Waals surface area contributed by atoms with Crippen LogP contribution < -0.4 is 15.4 Å². The number of aryl methyl sites for hydroxylation is 1. The van der Waals surface area contributed by atoms with E-state index in [0.29, 0.717) is 23.1 Å². The molecule has 0 aliphatic rings. The van der Waals surface area contributed by atoms with Crippen LogP contribution in [0.15, 0.2) is 54.6 Å². The molecule has 1 amide bonds. The van der Waals surface area contributed by atoms with Gasteiger partial charge in [0.2, 0.25) is 0 Å². The number of ether oxygens (including phenoxy) is 1. The number of anilines is 2. The minimum Gasteiger partial charge on any atom is -0.497 e. The van der Waals surface area contributed by atoms with E-state index in [1.54, 1.807) is 31.4 Å². The maximum absolute atomic E-state index is 12.3. The fourth-order valence-corrected chi connectivity index (χ4v) is 2.57. The zero-order valence-electron chi connectivity index (χ0n) is 15.0. The molecule has 0 atom stereocenters. The highest BCUT2D eigenvalue weighted by Gasteiger charge is 2.10. The molecule has 3 aromatic rings. The topological polar surface area (TPSA) is 76.1 Å². The van der Waals surface area contributed by atoms with Gasteiger partial charge in [-0.25, -0.2) is 0 Å². The number of nitrogens with zero attached hydrogens (tertiary/aromatic N) is 2. The van der Waals surface area contributed by atoms with Gasteiger partial charge in [-0.2, -0.15) is 0 Å². The zero-order chi connectivity index (χ0) is 19.2. The average molecular weight is 383 g/mol. The molecule has 3 rings (SSSR count). The quantitative estimate of drug-likeness (QED) is 0.664. The van der Waals surface area contributed by atoms with E-state index in [0.717, 1.165) is 16.9 Å². The molecule has 0 unspecified atom stereocenters. The lowest BCUT2D eigenvalue weighted by Gasteiger charge is -2.09. The number of hydrogen-bond acceptors (Lipinski definition) is 5. The summed E-state index contributed by atoms with van der Waals surface area (Å²) in [5, 5.41) is 14.6. The van der Waals surface area contributed by atoms with Crippen LogP contribution in [0, 0.1) is 6.92 Å². The largest absolute Gasteiger partial charge is 0.497 e. The van der Waals surface area contributed by atoms with E-state index in [4.69, 9.17) is 16.3 Å². The molecule has 2 aromatic carbocycles. The molecule has 0 spiro atoms. The maximum Gasteiger partial charge on any atom is 0.276 e. The molecule has 0 aliphatic carbocycles. The second-order valence-corrected chi connectivity index (χ2v) is 6.36. The highest BCUT2D eigenvalue weighted by Crippen LogP contribution is 2.20. The molecule has 7 heteroatoms. The molecular weight excluding hydrogens is 364 g/mol. The normalized spacial score (nSPS) is 10.3. The van der Waals surface area contributed by atoms with Gasteiger partial charge >= 0.3 is 0 Å². The molecule has 0 bridgehead atoms. The Hall–Kier alpha value is -3.12. The number of methoxy groups -OCH3 is 1. The molecule has 27 heavy (non-hydrogen) atoms. The van der Waals surface area contributed by atoms with E-state index in [-0.39, 0.29) is 11.6 Å². The number of halogens is 1. The van der Waals surface area contributed by atoms with Crippen LogP contribution in [0.2, 0.25) is 5.02 Å². The monoisotopic (exact) mass is 382 g/mol. The summed E-state index contributed by atoms with van der Waals surface area (Å²) in [7, 11) is 1.63. The summed E-state index contributed by atoms with van der Waals surface area (Å²) in [5.74, 6) is 1.06. The third-order valence-corrected chi connectivity index (χ3v) is 4.21. The summed E-state index contributed by atoms with van der Waals surface area (Å²) in [5.41, 5.74) is 2.87. The van der Waals surface area contributed by atoms with E-state index >= 15 is 0 Å². The van der Waals surface area contributed by atoms with Crippen molar-refractivity contribution >= 4 is 29.0 Å². The Labute approximate surface area is 162 Å². The molecular formula is C20H19ClN4O2. The van der Waals surface area contributed by atoms with Crippen LogP contribution in [0.3, 0.4) is 0 Å². The third-order valence-electron chi connectivity index (χ3n) is 3.98. The Morgan fingerprint density at radius 3 is 2.52 bits per heavy atom. The van der Waals surface area contributed by atoms with Crippen LogP contribution in [0.4, 0.5) is 11.5 Å². The number of hydrogen-bond donors (Lipinski definition) is 2. The van der Waals surface area contributed by atoms with E-state index in [1.165, 1.54) is 0 Å². The molecule has 6 nitrogen and oxygen atoms in total. The van der Waals surface area contributed by atoms with E-state index in [2.05, 4.69) is 20.8 Å². The summed E-state index contributed by atoms with van der Waals surface area (Å²) in [6.07, 6.45) is 0. The Bertz CT molecular complexity index is 928. The van der Waals surface area contributed by atoms with E-state index in [9.17, 15) is 4.79 Å². The highest BCUT2D eigenvalue weighted by atomic mass is 35.5. The standard InChI is InChI=1S/C20H19ClN4O2/c1-13-3-6-15(21)11-18(13)23-20(26)17-9-10-19(25-24-17)22-12-14-4-7-16(27-2)8-5-14/h3-11H,12H2,1-2H3,(H,22,25)(H,23,26).